The molecule has 8 heteroatoms. The topological polar surface area (TPSA) is 83.6 Å². The molecule has 2 saturated heterocycles. The lowest BCUT2D eigenvalue weighted by atomic mass is 9.83. The molecule has 2 fully saturated rings. The van der Waals surface area contributed by atoms with E-state index in [9.17, 15) is 9.59 Å². The smallest absolute Gasteiger partial charge is 0.410 e. The minimum Gasteiger partial charge on any atom is -0.444 e. The largest absolute Gasteiger partial charge is 0.444 e. The molecule has 2 amide bonds. The highest BCUT2D eigenvalue weighted by Crippen LogP contribution is 2.32. The van der Waals surface area contributed by atoms with Crippen molar-refractivity contribution in [2.75, 3.05) is 19.6 Å². The average molecular weight is 443 g/mol. The van der Waals surface area contributed by atoms with Crippen molar-refractivity contribution in [1.29, 1.82) is 0 Å². The van der Waals surface area contributed by atoms with E-state index in [1.807, 2.05) is 33.2 Å². The summed E-state index contributed by atoms with van der Waals surface area (Å²) in [6.07, 6.45) is 1.03. The van der Waals surface area contributed by atoms with Crippen molar-refractivity contribution in [2.45, 2.75) is 57.7 Å². The summed E-state index contributed by atoms with van der Waals surface area (Å²) in [6.45, 7) is 9.39. The van der Waals surface area contributed by atoms with Crippen LogP contribution >= 0.6 is 11.3 Å². The second-order valence-corrected chi connectivity index (χ2v) is 10.2. The maximum absolute atomic E-state index is 13.2. The number of hydrogen-bond donors (Lipinski definition) is 2. The van der Waals surface area contributed by atoms with Gasteiger partial charge >= 0.3 is 6.09 Å². The summed E-state index contributed by atoms with van der Waals surface area (Å²) < 4.78 is 5.51. The van der Waals surface area contributed by atoms with Crippen LogP contribution in [-0.4, -0.2) is 53.2 Å². The molecule has 0 unspecified atom stereocenters. The van der Waals surface area contributed by atoms with Gasteiger partial charge in [-0.3, -0.25) is 9.69 Å². The first kappa shape index (κ1) is 21.8. The molecule has 2 aromatic rings. The highest BCUT2D eigenvalue weighted by molar-refractivity contribution is 7.13. The van der Waals surface area contributed by atoms with Gasteiger partial charge in [0.05, 0.1) is 21.6 Å². The Labute approximate surface area is 187 Å². The summed E-state index contributed by atoms with van der Waals surface area (Å²) in [7, 11) is 0. The normalized spacial score (nSPS) is 20.3. The number of aryl methyl sites for hydroxylation is 1. The van der Waals surface area contributed by atoms with Crippen LogP contribution in [0.25, 0.3) is 10.4 Å². The Morgan fingerprint density at radius 1 is 1.26 bits per heavy atom. The predicted molar refractivity (Wildman–Crippen MR) is 121 cm³/mol. The summed E-state index contributed by atoms with van der Waals surface area (Å²) in [5.74, 6) is -0.118. The van der Waals surface area contributed by atoms with Gasteiger partial charge < -0.3 is 15.4 Å². The van der Waals surface area contributed by atoms with Crippen molar-refractivity contribution in [3.05, 3.63) is 41.0 Å². The number of nitrogens with zero attached hydrogens (tertiary/aromatic N) is 2. The summed E-state index contributed by atoms with van der Waals surface area (Å²) in [5, 5.41) is 6.53. The van der Waals surface area contributed by atoms with Crippen LogP contribution < -0.4 is 10.6 Å². The zero-order valence-electron chi connectivity index (χ0n) is 18.5. The first-order chi connectivity index (χ1) is 14.7. The Morgan fingerprint density at radius 3 is 2.52 bits per heavy atom. The van der Waals surface area contributed by atoms with E-state index in [2.05, 4.69) is 39.9 Å². The minimum atomic E-state index is -0.585. The first-order valence-electron chi connectivity index (χ1n) is 10.7. The number of nitrogens with one attached hydrogen (secondary N) is 2. The molecule has 0 radical (unpaired) electrons. The number of benzene rings is 1. The number of carbonyl (C=O) groups is 2. The third kappa shape index (κ3) is 4.45. The molecule has 2 aliphatic heterocycles. The Bertz CT molecular complexity index is 960. The van der Waals surface area contributed by atoms with Gasteiger partial charge in [0.1, 0.15) is 11.6 Å². The van der Waals surface area contributed by atoms with Gasteiger partial charge in [-0.05, 0) is 51.7 Å². The molecular formula is C23H30N4O3S. The zero-order chi connectivity index (χ0) is 22.2. The van der Waals surface area contributed by atoms with Gasteiger partial charge in [0.25, 0.3) is 0 Å². The fourth-order valence-electron chi connectivity index (χ4n) is 4.16. The van der Waals surface area contributed by atoms with Crippen molar-refractivity contribution in [3.63, 3.8) is 0 Å². The quantitative estimate of drug-likeness (QED) is 0.758. The summed E-state index contributed by atoms with van der Waals surface area (Å²) >= 11 is 1.63. The molecule has 2 N–H and O–H groups in total. The van der Waals surface area contributed by atoms with Gasteiger partial charge in [-0.15, -0.1) is 11.3 Å². The van der Waals surface area contributed by atoms with Crippen molar-refractivity contribution in [1.82, 2.24) is 20.5 Å². The SMILES string of the molecule is Cc1ncsc1-c1ccc(C2(NC(=O)[C@@H]3CCCN3C(=O)OC(C)(C)C)CNC2)cc1. The van der Waals surface area contributed by atoms with E-state index in [0.717, 1.165) is 28.1 Å². The number of likely N-dealkylation sites (tertiary alicyclic amines) is 1. The predicted octanol–water partition coefficient (Wildman–Crippen LogP) is 3.43. The molecule has 2 aliphatic rings. The number of carbonyl (C=O) groups excluding carboxylic acids is 2. The molecule has 1 aromatic carbocycles. The molecule has 0 saturated carbocycles. The standard InChI is InChI=1S/C23H30N4O3S/c1-15-19(31-14-25-15)16-7-9-17(10-8-16)23(12-24-13-23)26-20(28)18-6-5-11-27(18)21(29)30-22(2,3)4/h7-10,14,18,24H,5-6,11-13H2,1-4H3,(H,26,28)/t18-/m0/s1. The van der Waals surface area contributed by atoms with Gasteiger partial charge in [-0.2, -0.15) is 0 Å². The molecule has 1 atom stereocenters. The van der Waals surface area contributed by atoms with E-state index in [0.29, 0.717) is 26.1 Å². The third-order valence-corrected chi connectivity index (χ3v) is 6.82. The van der Waals surface area contributed by atoms with Crippen LogP contribution in [-0.2, 0) is 15.1 Å². The summed E-state index contributed by atoms with van der Waals surface area (Å²) in [5.41, 5.74) is 4.03. The lowest BCUT2D eigenvalue weighted by Crippen LogP contribution is -2.68. The molecule has 1 aromatic heterocycles. The fourth-order valence-corrected chi connectivity index (χ4v) is 4.97. The second-order valence-electron chi connectivity index (χ2n) is 9.35. The van der Waals surface area contributed by atoms with Crippen molar-refractivity contribution >= 4 is 23.3 Å². The molecule has 4 rings (SSSR count). The van der Waals surface area contributed by atoms with Gasteiger partial charge in [-0.25, -0.2) is 9.78 Å². The molecule has 0 bridgehead atoms. The number of rotatable bonds is 4. The Morgan fingerprint density at radius 2 is 1.97 bits per heavy atom. The molecule has 0 spiro atoms. The number of amides is 2. The lowest BCUT2D eigenvalue weighted by molar-refractivity contribution is -0.128. The van der Waals surface area contributed by atoms with Crippen molar-refractivity contribution in [3.8, 4) is 10.4 Å². The maximum Gasteiger partial charge on any atom is 0.410 e. The summed E-state index contributed by atoms with van der Waals surface area (Å²) in [4.78, 5) is 32.8. The van der Waals surface area contributed by atoms with Crippen molar-refractivity contribution in [2.24, 2.45) is 0 Å². The van der Waals surface area contributed by atoms with Crippen LogP contribution in [0.4, 0.5) is 4.79 Å². The summed E-state index contributed by atoms with van der Waals surface area (Å²) in [6, 6.07) is 7.84. The first-order valence-corrected chi connectivity index (χ1v) is 11.6. The van der Waals surface area contributed by atoms with Crippen LogP contribution in [0, 0.1) is 6.92 Å². The fraction of sp³-hybridized carbons (Fsp3) is 0.522. The molecule has 0 aliphatic carbocycles. The number of thiazole rings is 1. The highest BCUT2D eigenvalue weighted by Gasteiger charge is 2.44. The molecule has 7 nitrogen and oxygen atoms in total. The van der Waals surface area contributed by atoms with Gasteiger partial charge in [0.15, 0.2) is 0 Å². The van der Waals surface area contributed by atoms with Gasteiger partial charge in [0, 0.05) is 19.6 Å². The zero-order valence-corrected chi connectivity index (χ0v) is 19.3. The van der Waals surface area contributed by atoms with E-state index in [4.69, 9.17) is 4.74 Å². The number of hydrogen-bond acceptors (Lipinski definition) is 6. The molecular weight excluding hydrogens is 412 g/mol. The Balaban J connectivity index is 1.48. The molecule has 166 valence electrons. The third-order valence-electron chi connectivity index (χ3n) is 5.84. The lowest BCUT2D eigenvalue weighted by Gasteiger charge is -2.44. The van der Waals surface area contributed by atoms with E-state index >= 15 is 0 Å². The van der Waals surface area contributed by atoms with Crippen molar-refractivity contribution < 1.29 is 14.3 Å². The highest BCUT2D eigenvalue weighted by atomic mass is 32.1. The minimum absolute atomic E-state index is 0.118. The number of ether oxygens (including phenoxy) is 1. The molecule has 3 heterocycles. The van der Waals surface area contributed by atoms with E-state index in [-0.39, 0.29) is 5.91 Å². The van der Waals surface area contributed by atoms with Gasteiger partial charge in [-0.1, -0.05) is 24.3 Å². The average Bonchev–Trinajstić information content (AvgIpc) is 3.32. The van der Waals surface area contributed by atoms with E-state index < -0.39 is 23.3 Å². The van der Waals surface area contributed by atoms with E-state index in [1.54, 1.807) is 16.2 Å². The second kappa shape index (κ2) is 8.24. The van der Waals surface area contributed by atoms with Crippen LogP contribution in [0.2, 0.25) is 0 Å². The van der Waals surface area contributed by atoms with Gasteiger partial charge in [0.2, 0.25) is 5.91 Å². The van der Waals surface area contributed by atoms with Crippen LogP contribution in [0.1, 0.15) is 44.9 Å². The maximum atomic E-state index is 13.2. The van der Waals surface area contributed by atoms with Crippen LogP contribution in [0.3, 0.4) is 0 Å². The molecule has 31 heavy (non-hydrogen) atoms. The van der Waals surface area contributed by atoms with Crippen LogP contribution in [0.15, 0.2) is 29.8 Å². The monoisotopic (exact) mass is 442 g/mol. The van der Waals surface area contributed by atoms with Crippen LogP contribution in [0.5, 0.6) is 0 Å². The van der Waals surface area contributed by atoms with E-state index in [1.165, 1.54) is 0 Å². The Kier molecular flexibility index (Phi) is 5.79. The Hall–Kier alpha value is -2.45. The number of aromatic nitrogens is 1.